The van der Waals surface area contributed by atoms with Crippen LogP contribution >= 0.6 is 0 Å². The Labute approximate surface area is 119 Å². The van der Waals surface area contributed by atoms with Gasteiger partial charge in [-0.2, -0.15) is 0 Å². The molecule has 0 saturated carbocycles. The molecule has 1 aliphatic rings. The molecule has 4 nitrogen and oxygen atoms in total. The predicted octanol–water partition coefficient (Wildman–Crippen LogP) is 2.19. The molecule has 108 valence electrons. The van der Waals surface area contributed by atoms with Crippen molar-refractivity contribution >= 4 is 11.9 Å². The van der Waals surface area contributed by atoms with E-state index in [-0.39, 0.29) is 11.8 Å². The lowest BCUT2D eigenvalue weighted by atomic mass is 9.99. The minimum atomic E-state index is -0.794. The first-order valence-electron chi connectivity index (χ1n) is 7.12. The van der Waals surface area contributed by atoms with Crippen molar-refractivity contribution in [3.8, 4) is 0 Å². The van der Waals surface area contributed by atoms with Crippen LogP contribution in [0.1, 0.15) is 25.3 Å². The van der Waals surface area contributed by atoms with E-state index in [1.165, 1.54) is 5.56 Å². The van der Waals surface area contributed by atoms with Crippen molar-refractivity contribution in [2.24, 2.45) is 11.8 Å². The highest BCUT2D eigenvalue weighted by Gasteiger charge is 2.36. The van der Waals surface area contributed by atoms with Gasteiger partial charge in [0.05, 0.1) is 5.92 Å². The first-order valence-corrected chi connectivity index (χ1v) is 7.12. The maximum absolute atomic E-state index is 12.1. The molecule has 1 fully saturated rings. The second-order valence-electron chi connectivity index (χ2n) is 5.56. The number of benzene rings is 1. The number of carbonyl (C=O) groups excluding carboxylic acids is 1. The largest absolute Gasteiger partial charge is 0.481 e. The summed E-state index contributed by atoms with van der Waals surface area (Å²) in [6.07, 6.45) is 2.19. The van der Waals surface area contributed by atoms with Crippen molar-refractivity contribution in [3.05, 3.63) is 35.9 Å². The lowest BCUT2D eigenvalue weighted by Crippen LogP contribution is -2.29. The highest BCUT2D eigenvalue weighted by molar-refractivity contribution is 5.79. The Morgan fingerprint density at radius 3 is 2.55 bits per heavy atom. The number of rotatable bonds is 5. The Morgan fingerprint density at radius 1 is 1.25 bits per heavy atom. The third-order valence-electron chi connectivity index (χ3n) is 3.98. The molecule has 1 saturated heterocycles. The molecular weight excluding hydrogens is 254 g/mol. The van der Waals surface area contributed by atoms with Gasteiger partial charge in [-0.25, -0.2) is 0 Å². The Hall–Kier alpha value is -1.84. The Balaban J connectivity index is 1.77. The molecule has 0 spiro atoms. The van der Waals surface area contributed by atoms with Crippen LogP contribution in [-0.2, 0) is 16.0 Å². The molecule has 4 heteroatoms. The fourth-order valence-electron chi connectivity index (χ4n) is 2.74. The summed E-state index contributed by atoms with van der Waals surface area (Å²) in [7, 11) is 0. The van der Waals surface area contributed by atoms with Crippen LogP contribution in [0.15, 0.2) is 30.3 Å². The van der Waals surface area contributed by atoms with Crippen LogP contribution in [0, 0.1) is 11.8 Å². The quantitative estimate of drug-likeness (QED) is 0.896. The van der Waals surface area contributed by atoms with Gasteiger partial charge in [-0.3, -0.25) is 9.59 Å². The van der Waals surface area contributed by atoms with E-state index in [0.717, 1.165) is 12.8 Å². The van der Waals surface area contributed by atoms with E-state index in [2.05, 4.69) is 12.1 Å². The van der Waals surface area contributed by atoms with Gasteiger partial charge >= 0.3 is 5.97 Å². The number of carboxylic acids is 1. The molecule has 2 rings (SSSR count). The minimum Gasteiger partial charge on any atom is -0.481 e. The van der Waals surface area contributed by atoms with Gasteiger partial charge in [-0.15, -0.1) is 0 Å². The number of nitrogens with zero attached hydrogens (tertiary/aromatic N) is 1. The third kappa shape index (κ3) is 3.59. The van der Waals surface area contributed by atoms with Crippen LogP contribution in [-0.4, -0.2) is 35.0 Å². The van der Waals surface area contributed by atoms with Crippen molar-refractivity contribution < 1.29 is 14.7 Å². The van der Waals surface area contributed by atoms with E-state index in [1.807, 2.05) is 25.1 Å². The van der Waals surface area contributed by atoms with Crippen molar-refractivity contribution in [2.45, 2.75) is 26.2 Å². The fraction of sp³-hybridized carbons (Fsp3) is 0.500. The normalized spacial score (nSPS) is 21.9. The van der Waals surface area contributed by atoms with Gasteiger partial charge in [-0.1, -0.05) is 37.3 Å². The van der Waals surface area contributed by atoms with Gasteiger partial charge in [0.1, 0.15) is 0 Å². The SMILES string of the molecule is C[C@@H]1CN(C(=O)CCCc2ccccc2)C[C@H]1C(=O)O. The Bertz CT molecular complexity index is 472. The van der Waals surface area contributed by atoms with Crippen molar-refractivity contribution in [2.75, 3.05) is 13.1 Å². The summed E-state index contributed by atoms with van der Waals surface area (Å²) in [4.78, 5) is 24.8. The second-order valence-corrected chi connectivity index (χ2v) is 5.56. The molecular formula is C16H21NO3. The van der Waals surface area contributed by atoms with Gasteiger partial charge in [0, 0.05) is 19.5 Å². The Kier molecular flexibility index (Phi) is 4.77. The number of hydrogen-bond donors (Lipinski definition) is 1. The molecule has 1 N–H and O–H groups in total. The standard InChI is InChI=1S/C16H21NO3/c1-12-10-17(11-14(12)16(19)20)15(18)9-5-8-13-6-3-2-4-7-13/h2-4,6-7,12,14H,5,8-11H2,1H3,(H,19,20)/t12-,14-/m1/s1. The first-order chi connectivity index (χ1) is 9.58. The number of amides is 1. The number of carbonyl (C=O) groups is 2. The van der Waals surface area contributed by atoms with E-state index in [1.54, 1.807) is 4.90 Å². The molecule has 1 amide bonds. The molecule has 1 aromatic rings. The molecule has 0 unspecified atom stereocenters. The van der Waals surface area contributed by atoms with Gasteiger partial charge in [0.25, 0.3) is 0 Å². The Morgan fingerprint density at radius 2 is 1.95 bits per heavy atom. The highest BCUT2D eigenvalue weighted by atomic mass is 16.4. The highest BCUT2D eigenvalue weighted by Crippen LogP contribution is 2.24. The molecule has 1 aromatic carbocycles. The fourth-order valence-corrected chi connectivity index (χ4v) is 2.74. The third-order valence-corrected chi connectivity index (χ3v) is 3.98. The number of likely N-dealkylation sites (tertiary alicyclic amines) is 1. The molecule has 0 radical (unpaired) electrons. The van der Waals surface area contributed by atoms with Crippen LogP contribution in [0.25, 0.3) is 0 Å². The number of hydrogen-bond acceptors (Lipinski definition) is 2. The summed E-state index contributed by atoms with van der Waals surface area (Å²) in [6.45, 7) is 2.83. The minimum absolute atomic E-state index is 0.0468. The number of aryl methyl sites for hydroxylation is 1. The van der Waals surface area contributed by atoms with Gasteiger partial charge in [0.15, 0.2) is 0 Å². The maximum Gasteiger partial charge on any atom is 0.308 e. The van der Waals surface area contributed by atoms with Crippen molar-refractivity contribution in [1.82, 2.24) is 4.90 Å². The maximum atomic E-state index is 12.1. The second kappa shape index (κ2) is 6.55. The summed E-state index contributed by atoms with van der Waals surface area (Å²) in [5.74, 6) is -1.08. The summed E-state index contributed by atoms with van der Waals surface area (Å²) in [5.41, 5.74) is 1.23. The van der Waals surface area contributed by atoms with Crippen LogP contribution in [0.5, 0.6) is 0 Å². The van der Waals surface area contributed by atoms with Gasteiger partial charge in [-0.05, 0) is 24.3 Å². The monoisotopic (exact) mass is 275 g/mol. The number of carboxylic acid groups (broad SMARTS) is 1. The van der Waals surface area contributed by atoms with Crippen LogP contribution < -0.4 is 0 Å². The lowest BCUT2D eigenvalue weighted by Gasteiger charge is -2.15. The average Bonchev–Trinajstić information content (AvgIpc) is 2.82. The summed E-state index contributed by atoms with van der Waals surface area (Å²) in [6, 6.07) is 10.1. The summed E-state index contributed by atoms with van der Waals surface area (Å²) in [5, 5.41) is 9.07. The van der Waals surface area contributed by atoms with E-state index in [4.69, 9.17) is 5.11 Å². The van der Waals surface area contributed by atoms with Crippen LogP contribution in [0.2, 0.25) is 0 Å². The molecule has 0 aliphatic carbocycles. The van der Waals surface area contributed by atoms with Crippen LogP contribution in [0.4, 0.5) is 0 Å². The van der Waals surface area contributed by atoms with Crippen molar-refractivity contribution in [1.29, 1.82) is 0 Å². The van der Waals surface area contributed by atoms with Gasteiger partial charge < -0.3 is 10.0 Å². The molecule has 1 heterocycles. The molecule has 1 aliphatic heterocycles. The lowest BCUT2D eigenvalue weighted by molar-refractivity contribution is -0.142. The summed E-state index contributed by atoms with van der Waals surface area (Å²) >= 11 is 0. The molecule has 20 heavy (non-hydrogen) atoms. The van der Waals surface area contributed by atoms with Gasteiger partial charge in [0.2, 0.25) is 5.91 Å². The first kappa shape index (κ1) is 14.6. The smallest absolute Gasteiger partial charge is 0.308 e. The molecule has 2 atom stereocenters. The van der Waals surface area contributed by atoms with E-state index in [0.29, 0.717) is 19.5 Å². The van der Waals surface area contributed by atoms with E-state index < -0.39 is 11.9 Å². The zero-order chi connectivity index (χ0) is 14.5. The molecule has 0 bridgehead atoms. The summed E-state index contributed by atoms with van der Waals surface area (Å²) < 4.78 is 0. The van der Waals surface area contributed by atoms with Crippen LogP contribution in [0.3, 0.4) is 0 Å². The van der Waals surface area contributed by atoms with Crippen molar-refractivity contribution in [3.63, 3.8) is 0 Å². The van der Waals surface area contributed by atoms with E-state index >= 15 is 0 Å². The number of aliphatic carboxylic acids is 1. The zero-order valence-corrected chi connectivity index (χ0v) is 11.8. The molecule has 0 aromatic heterocycles. The topological polar surface area (TPSA) is 57.6 Å². The predicted molar refractivity (Wildman–Crippen MR) is 76.2 cm³/mol. The zero-order valence-electron chi connectivity index (χ0n) is 11.8. The average molecular weight is 275 g/mol. The van der Waals surface area contributed by atoms with E-state index in [9.17, 15) is 9.59 Å².